The molecule has 0 unspecified atom stereocenters. The van der Waals surface area contributed by atoms with E-state index < -0.39 is 16.1 Å². The average Bonchev–Trinajstić information content (AvgIpc) is 4.08. The molecule has 0 amide bonds. The van der Waals surface area contributed by atoms with Crippen molar-refractivity contribution in [3.05, 3.63) is 83.2 Å². The molecule has 5 rings (SSSR count). The lowest BCUT2D eigenvalue weighted by atomic mass is 10.1. The van der Waals surface area contributed by atoms with Gasteiger partial charge in [-0.2, -0.15) is 8.42 Å². The van der Waals surface area contributed by atoms with Crippen LogP contribution in [0, 0.1) is 6.92 Å². The molecule has 3 aromatic heterocycles. The lowest BCUT2D eigenvalue weighted by Gasteiger charge is -2.17. The molecule has 0 bridgehead atoms. The Kier molecular flexibility index (Phi) is 20.8. The van der Waals surface area contributed by atoms with Gasteiger partial charge in [0.2, 0.25) is 5.75 Å². The van der Waals surface area contributed by atoms with Crippen LogP contribution >= 0.6 is 0 Å². The maximum Gasteiger partial charge on any atom is 0.338 e. The predicted molar refractivity (Wildman–Crippen MR) is 222 cm³/mol. The maximum absolute atomic E-state index is 13.5. The molecular formula is C40H55N9O14S. The number of hydrogen-bond acceptors (Lipinski definition) is 20. The number of rotatable bonds is 33. The number of ether oxygens (including phenoxy) is 7. The van der Waals surface area contributed by atoms with Crippen LogP contribution in [0.5, 0.6) is 17.2 Å². The molecule has 64 heavy (non-hydrogen) atoms. The van der Waals surface area contributed by atoms with Crippen molar-refractivity contribution in [2.24, 2.45) is 0 Å². The molecule has 0 fully saturated rings. The number of benzene rings is 2. The van der Waals surface area contributed by atoms with Crippen molar-refractivity contribution >= 4 is 16.1 Å². The molecular weight excluding hydrogens is 863 g/mol. The third-order valence-electron chi connectivity index (χ3n) is 8.75. The number of esters is 1. The second-order valence-electron chi connectivity index (χ2n) is 13.9. The summed E-state index contributed by atoms with van der Waals surface area (Å²) in [5, 5.41) is 52.3. The zero-order valence-corrected chi connectivity index (χ0v) is 36.4. The molecule has 0 saturated carbocycles. The van der Waals surface area contributed by atoms with Crippen LogP contribution in [0.3, 0.4) is 0 Å². The van der Waals surface area contributed by atoms with E-state index in [0.29, 0.717) is 56.0 Å². The molecule has 0 aliphatic rings. The summed E-state index contributed by atoms with van der Waals surface area (Å²) in [6, 6.07) is 9.27. The fourth-order valence-corrected chi connectivity index (χ4v) is 6.43. The van der Waals surface area contributed by atoms with Gasteiger partial charge in [-0.25, -0.2) is 4.79 Å². The van der Waals surface area contributed by atoms with E-state index in [0.717, 1.165) is 5.56 Å². The molecule has 3 heterocycles. The van der Waals surface area contributed by atoms with Crippen molar-refractivity contribution < 1.29 is 65.9 Å². The Morgan fingerprint density at radius 2 is 1.02 bits per heavy atom. The Bertz CT molecular complexity index is 2160. The van der Waals surface area contributed by atoms with Gasteiger partial charge in [0.1, 0.15) is 43.5 Å². The van der Waals surface area contributed by atoms with Gasteiger partial charge in [-0.1, -0.05) is 33.3 Å². The van der Waals surface area contributed by atoms with E-state index in [4.69, 9.17) is 37.3 Å². The van der Waals surface area contributed by atoms with E-state index in [1.165, 1.54) is 24.3 Å². The molecule has 23 nitrogen and oxygen atoms in total. The predicted octanol–water partition coefficient (Wildman–Crippen LogP) is 1.27. The lowest BCUT2D eigenvalue weighted by Crippen LogP contribution is -2.15. The van der Waals surface area contributed by atoms with Crippen molar-refractivity contribution in [3.63, 3.8) is 0 Å². The first-order valence-electron chi connectivity index (χ1n) is 20.6. The standard InChI is InChI=1S/C40H55N9O14S/c1-31-5-7-36(8-6-31)64(54,55)63-22-20-58-18-16-56-15-17-57-19-21-59-40(53)32-23-37(60-28-33-25-47(44-41-33)9-2-12-50)39(62-30-35-27-49(46-43-35)11-4-14-52)38(24-32)61-29-34-26-48(45-42-34)10-3-13-51/h5-8,23-27,50-52H,2-4,9-22,28-30H2,1H3. The van der Waals surface area contributed by atoms with Crippen LogP contribution in [0.4, 0.5) is 0 Å². The molecule has 0 saturated heterocycles. The smallest absolute Gasteiger partial charge is 0.338 e. The van der Waals surface area contributed by atoms with Crippen LogP contribution in [-0.4, -0.2) is 147 Å². The molecule has 0 aliphatic carbocycles. The zero-order chi connectivity index (χ0) is 45.4. The van der Waals surface area contributed by atoms with Crippen molar-refractivity contribution in [2.45, 2.75) is 70.5 Å². The van der Waals surface area contributed by atoms with Crippen LogP contribution in [-0.2, 0) is 72.7 Å². The van der Waals surface area contributed by atoms with Crippen molar-refractivity contribution in [1.82, 2.24) is 45.0 Å². The summed E-state index contributed by atoms with van der Waals surface area (Å²) in [5.41, 5.74) is 2.43. The summed E-state index contributed by atoms with van der Waals surface area (Å²) in [6.45, 7) is 3.84. The minimum Gasteiger partial charge on any atom is -0.483 e. The number of nitrogens with zero attached hydrogens (tertiary/aromatic N) is 9. The summed E-state index contributed by atoms with van der Waals surface area (Å²) in [5.74, 6) is -0.336. The number of aliphatic hydroxyl groups excluding tert-OH is 3. The van der Waals surface area contributed by atoms with Gasteiger partial charge < -0.3 is 48.5 Å². The minimum atomic E-state index is -3.86. The van der Waals surface area contributed by atoms with E-state index in [2.05, 4.69) is 30.9 Å². The summed E-state index contributed by atoms with van der Waals surface area (Å²) in [4.78, 5) is 13.5. The first kappa shape index (κ1) is 49.4. The van der Waals surface area contributed by atoms with Gasteiger partial charge in [0.15, 0.2) is 11.5 Å². The third-order valence-corrected chi connectivity index (χ3v) is 10.1. The second kappa shape index (κ2) is 26.9. The molecule has 24 heteroatoms. The highest BCUT2D eigenvalue weighted by Gasteiger charge is 2.22. The largest absolute Gasteiger partial charge is 0.483 e. The zero-order valence-electron chi connectivity index (χ0n) is 35.6. The molecule has 0 radical (unpaired) electrons. The fraction of sp³-hybridized carbons (Fsp3) is 0.525. The molecule has 0 atom stereocenters. The summed E-state index contributed by atoms with van der Waals surface area (Å²) in [7, 11) is -3.86. The average molecular weight is 918 g/mol. The first-order chi connectivity index (χ1) is 31.2. The Morgan fingerprint density at radius 1 is 0.594 bits per heavy atom. The van der Waals surface area contributed by atoms with Gasteiger partial charge in [-0.05, 0) is 50.5 Å². The second-order valence-corrected chi connectivity index (χ2v) is 15.5. The molecule has 0 spiro atoms. The topological polar surface area (TPSA) is 278 Å². The van der Waals surface area contributed by atoms with Crippen LogP contribution in [0.1, 0.15) is 52.3 Å². The number of hydrogen-bond donors (Lipinski definition) is 3. The van der Waals surface area contributed by atoms with Crippen LogP contribution in [0.15, 0.2) is 59.9 Å². The minimum absolute atomic E-state index is 0.00107. The van der Waals surface area contributed by atoms with Gasteiger partial charge in [-0.15, -0.1) is 15.3 Å². The van der Waals surface area contributed by atoms with Crippen molar-refractivity contribution in [2.75, 3.05) is 72.7 Å². The third kappa shape index (κ3) is 16.8. The van der Waals surface area contributed by atoms with Gasteiger partial charge in [-0.3, -0.25) is 18.2 Å². The number of carbonyl (C=O) groups is 1. The Labute approximate surface area is 369 Å². The fourth-order valence-electron chi connectivity index (χ4n) is 5.53. The Hall–Kier alpha value is -5.60. The number of aliphatic hydroxyl groups is 3. The first-order valence-corrected chi connectivity index (χ1v) is 22.0. The number of aromatic nitrogens is 9. The molecule has 3 N–H and O–H groups in total. The van der Waals surface area contributed by atoms with E-state index in [1.807, 2.05) is 6.92 Å². The van der Waals surface area contributed by atoms with E-state index in [1.54, 1.807) is 44.8 Å². The highest BCUT2D eigenvalue weighted by molar-refractivity contribution is 7.86. The summed E-state index contributed by atoms with van der Waals surface area (Å²) >= 11 is 0. The highest BCUT2D eigenvalue weighted by Crippen LogP contribution is 2.40. The SMILES string of the molecule is Cc1ccc(S(=O)(=O)OCCOCCOCCOCCOC(=O)c2cc(OCc3cn(CCCO)nn3)c(OCc3cn(CCCO)nn3)c(OCc3cn(CCCO)nn3)c2)cc1. The lowest BCUT2D eigenvalue weighted by molar-refractivity contribution is -0.00203. The molecule has 350 valence electrons. The Balaban J connectivity index is 1.16. The van der Waals surface area contributed by atoms with Crippen LogP contribution < -0.4 is 14.2 Å². The maximum atomic E-state index is 13.5. The van der Waals surface area contributed by atoms with Crippen molar-refractivity contribution in [1.29, 1.82) is 0 Å². The number of carbonyl (C=O) groups excluding carboxylic acids is 1. The van der Waals surface area contributed by atoms with Gasteiger partial charge >= 0.3 is 5.97 Å². The number of aryl methyl sites for hydroxylation is 4. The quantitative estimate of drug-likeness (QED) is 0.0303. The molecule has 5 aromatic rings. The normalized spacial score (nSPS) is 11.6. The van der Waals surface area contributed by atoms with E-state index in [9.17, 15) is 28.5 Å². The molecule has 2 aromatic carbocycles. The summed E-state index contributed by atoms with van der Waals surface area (Å²) in [6.07, 6.45) is 6.52. The van der Waals surface area contributed by atoms with Gasteiger partial charge in [0.25, 0.3) is 10.1 Å². The van der Waals surface area contributed by atoms with E-state index in [-0.39, 0.29) is 120 Å². The Morgan fingerprint density at radius 3 is 1.47 bits per heavy atom. The summed E-state index contributed by atoms with van der Waals surface area (Å²) < 4.78 is 74.9. The van der Waals surface area contributed by atoms with Gasteiger partial charge in [0.05, 0.1) is 75.3 Å². The van der Waals surface area contributed by atoms with E-state index >= 15 is 0 Å². The molecule has 0 aliphatic heterocycles. The highest BCUT2D eigenvalue weighted by atomic mass is 32.2. The van der Waals surface area contributed by atoms with Crippen LogP contribution in [0.25, 0.3) is 0 Å². The van der Waals surface area contributed by atoms with Crippen molar-refractivity contribution in [3.8, 4) is 17.2 Å². The monoisotopic (exact) mass is 917 g/mol. The van der Waals surface area contributed by atoms with Gasteiger partial charge in [0, 0.05) is 39.5 Å². The van der Waals surface area contributed by atoms with Crippen LogP contribution in [0.2, 0.25) is 0 Å².